The molecule has 0 aliphatic carbocycles. The van der Waals surface area contributed by atoms with Crippen LogP contribution in [-0.2, 0) is 6.18 Å². The molecule has 1 fully saturated rings. The lowest BCUT2D eigenvalue weighted by Crippen LogP contribution is -2.47. The summed E-state index contributed by atoms with van der Waals surface area (Å²) in [6, 6.07) is 4.47. The van der Waals surface area contributed by atoms with E-state index in [-0.39, 0.29) is 29.9 Å². The summed E-state index contributed by atoms with van der Waals surface area (Å²) in [4.78, 5) is 13.9. The fourth-order valence-corrected chi connectivity index (χ4v) is 2.51. The van der Waals surface area contributed by atoms with Crippen LogP contribution in [0.2, 0.25) is 0 Å². The number of nitrogens with zero attached hydrogens (tertiary/aromatic N) is 1. The second kappa shape index (κ2) is 7.13. The zero-order valence-corrected chi connectivity index (χ0v) is 12.2. The Balaban J connectivity index is 0.00000220. The molecule has 0 saturated carbocycles. The normalized spacial score (nSPS) is 19.0. The van der Waals surface area contributed by atoms with Crippen LogP contribution in [0, 0.1) is 0 Å². The Labute approximate surface area is 127 Å². The van der Waals surface area contributed by atoms with Gasteiger partial charge in [0.25, 0.3) is 5.91 Å². The lowest BCUT2D eigenvalue weighted by atomic mass is 10.0. The van der Waals surface area contributed by atoms with Crippen LogP contribution in [0.4, 0.5) is 13.2 Å². The highest BCUT2D eigenvalue weighted by atomic mass is 35.5. The fourth-order valence-electron chi connectivity index (χ4n) is 2.51. The van der Waals surface area contributed by atoms with E-state index in [1.54, 1.807) is 4.90 Å². The van der Waals surface area contributed by atoms with E-state index in [0.29, 0.717) is 13.1 Å². The standard InChI is InChI=1S/C14H17F3N2O.ClH/c15-14(16,17)11-5-3-4-10(8-11)13(20)19-7-2-1-6-12(19)9-18;/h3-5,8,12H,1-2,6-7,9,18H2;1H. The van der Waals surface area contributed by atoms with E-state index in [1.165, 1.54) is 12.1 Å². The number of likely N-dealkylation sites (tertiary alicyclic amines) is 1. The van der Waals surface area contributed by atoms with Crippen molar-refractivity contribution in [3.8, 4) is 0 Å². The molecule has 2 N–H and O–H groups in total. The number of nitrogens with two attached hydrogens (primary N) is 1. The van der Waals surface area contributed by atoms with Crippen molar-refractivity contribution >= 4 is 18.3 Å². The summed E-state index contributed by atoms with van der Waals surface area (Å²) >= 11 is 0. The van der Waals surface area contributed by atoms with Crippen molar-refractivity contribution in [1.82, 2.24) is 4.90 Å². The van der Waals surface area contributed by atoms with Gasteiger partial charge in [0, 0.05) is 24.7 Å². The zero-order valence-electron chi connectivity index (χ0n) is 11.4. The Morgan fingerprint density at radius 1 is 1.33 bits per heavy atom. The molecule has 0 radical (unpaired) electrons. The number of rotatable bonds is 2. The van der Waals surface area contributed by atoms with Crippen molar-refractivity contribution < 1.29 is 18.0 Å². The van der Waals surface area contributed by atoms with Gasteiger partial charge in [0.15, 0.2) is 0 Å². The zero-order chi connectivity index (χ0) is 14.8. The third kappa shape index (κ3) is 4.11. The summed E-state index contributed by atoms with van der Waals surface area (Å²) in [5.74, 6) is -0.369. The van der Waals surface area contributed by atoms with Crippen molar-refractivity contribution in [2.24, 2.45) is 5.73 Å². The van der Waals surface area contributed by atoms with Gasteiger partial charge in [-0.2, -0.15) is 13.2 Å². The number of benzene rings is 1. The first-order valence-corrected chi connectivity index (χ1v) is 6.62. The average molecular weight is 323 g/mol. The van der Waals surface area contributed by atoms with Gasteiger partial charge >= 0.3 is 6.18 Å². The summed E-state index contributed by atoms with van der Waals surface area (Å²) in [6.45, 7) is 0.891. The minimum atomic E-state index is -4.44. The molecule has 1 saturated heterocycles. The fraction of sp³-hybridized carbons (Fsp3) is 0.500. The van der Waals surface area contributed by atoms with Gasteiger partial charge in [-0.15, -0.1) is 12.4 Å². The minimum absolute atomic E-state index is 0. The third-order valence-electron chi connectivity index (χ3n) is 3.60. The summed E-state index contributed by atoms with van der Waals surface area (Å²) in [6.07, 6.45) is -1.78. The van der Waals surface area contributed by atoms with Gasteiger partial charge in [-0.25, -0.2) is 0 Å². The summed E-state index contributed by atoms with van der Waals surface area (Å²) < 4.78 is 38.0. The number of amides is 1. The number of carbonyl (C=O) groups excluding carboxylic acids is 1. The number of hydrogen-bond donors (Lipinski definition) is 1. The number of halogens is 4. The molecule has 1 aromatic carbocycles. The predicted molar refractivity (Wildman–Crippen MR) is 76.4 cm³/mol. The van der Waals surface area contributed by atoms with Gasteiger partial charge in [-0.1, -0.05) is 6.07 Å². The van der Waals surface area contributed by atoms with E-state index in [1.807, 2.05) is 0 Å². The quantitative estimate of drug-likeness (QED) is 0.909. The summed E-state index contributed by atoms with van der Waals surface area (Å²) in [5.41, 5.74) is 4.90. The van der Waals surface area contributed by atoms with Gasteiger partial charge in [0.05, 0.1) is 5.56 Å². The Kier molecular flexibility index (Phi) is 6.04. The van der Waals surface area contributed by atoms with E-state index in [0.717, 1.165) is 31.4 Å². The van der Waals surface area contributed by atoms with Gasteiger partial charge in [0.1, 0.15) is 0 Å². The molecule has 0 bridgehead atoms. The van der Waals surface area contributed by atoms with Crippen LogP contribution in [-0.4, -0.2) is 29.9 Å². The van der Waals surface area contributed by atoms with Crippen LogP contribution in [0.5, 0.6) is 0 Å². The van der Waals surface area contributed by atoms with Gasteiger partial charge in [-0.3, -0.25) is 4.79 Å². The van der Waals surface area contributed by atoms with Crippen molar-refractivity contribution in [2.75, 3.05) is 13.1 Å². The number of carbonyl (C=O) groups is 1. The highest BCUT2D eigenvalue weighted by Gasteiger charge is 2.32. The van der Waals surface area contributed by atoms with E-state index >= 15 is 0 Å². The minimum Gasteiger partial charge on any atom is -0.334 e. The topological polar surface area (TPSA) is 46.3 Å². The third-order valence-corrected chi connectivity index (χ3v) is 3.60. The van der Waals surface area contributed by atoms with Gasteiger partial charge < -0.3 is 10.6 Å². The Morgan fingerprint density at radius 2 is 2.05 bits per heavy atom. The summed E-state index contributed by atoms with van der Waals surface area (Å²) in [7, 11) is 0. The molecule has 1 amide bonds. The lowest BCUT2D eigenvalue weighted by Gasteiger charge is -2.35. The molecule has 118 valence electrons. The van der Waals surface area contributed by atoms with E-state index in [4.69, 9.17) is 5.73 Å². The monoisotopic (exact) mass is 322 g/mol. The highest BCUT2D eigenvalue weighted by molar-refractivity contribution is 5.94. The SMILES string of the molecule is Cl.NCC1CCCCN1C(=O)c1cccc(C(F)(F)F)c1. The molecule has 1 aliphatic rings. The lowest BCUT2D eigenvalue weighted by molar-refractivity contribution is -0.137. The molecule has 1 aromatic rings. The van der Waals surface area contributed by atoms with Crippen LogP contribution in [0.15, 0.2) is 24.3 Å². The van der Waals surface area contributed by atoms with Crippen LogP contribution >= 0.6 is 12.4 Å². The molecule has 7 heteroatoms. The second-order valence-corrected chi connectivity index (χ2v) is 4.96. The van der Waals surface area contributed by atoms with E-state index in [2.05, 4.69) is 0 Å². The number of alkyl halides is 3. The van der Waals surface area contributed by atoms with Crippen LogP contribution < -0.4 is 5.73 Å². The first-order valence-electron chi connectivity index (χ1n) is 6.62. The molecule has 1 aliphatic heterocycles. The Hall–Kier alpha value is -1.27. The second-order valence-electron chi connectivity index (χ2n) is 4.96. The molecule has 2 rings (SSSR count). The first kappa shape index (κ1) is 17.8. The molecule has 1 atom stereocenters. The predicted octanol–water partition coefficient (Wildman–Crippen LogP) is 3.08. The molecule has 0 aromatic heterocycles. The maximum atomic E-state index is 12.7. The Morgan fingerprint density at radius 3 is 2.67 bits per heavy atom. The maximum absolute atomic E-state index is 12.7. The van der Waals surface area contributed by atoms with Crippen molar-refractivity contribution in [3.63, 3.8) is 0 Å². The Bertz CT molecular complexity index is 493. The average Bonchev–Trinajstić information content (AvgIpc) is 2.45. The first-order chi connectivity index (χ1) is 9.43. The van der Waals surface area contributed by atoms with Crippen LogP contribution in [0.25, 0.3) is 0 Å². The van der Waals surface area contributed by atoms with E-state index < -0.39 is 11.7 Å². The number of hydrogen-bond acceptors (Lipinski definition) is 2. The maximum Gasteiger partial charge on any atom is 0.416 e. The highest BCUT2D eigenvalue weighted by Crippen LogP contribution is 2.30. The molecule has 1 heterocycles. The van der Waals surface area contributed by atoms with Crippen LogP contribution in [0.1, 0.15) is 35.2 Å². The number of piperidine rings is 1. The molecule has 0 spiro atoms. The molecular weight excluding hydrogens is 305 g/mol. The van der Waals surface area contributed by atoms with Crippen molar-refractivity contribution in [1.29, 1.82) is 0 Å². The van der Waals surface area contributed by atoms with Crippen LogP contribution in [0.3, 0.4) is 0 Å². The largest absolute Gasteiger partial charge is 0.416 e. The van der Waals surface area contributed by atoms with Crippen molar-refractivity contribution in [2.45, 2.75) is 31.5 Å². The molecule has 3 nitrogen and oxygen atoms in total. The van der Waals surface area contributed by atoms with Gasteiger partial charge in [0.2, 0.25) is 0 Å². The smallest absolute Gasteiger partial charge is 0.334 e. The molecule has 21 heavy (non-hydrogen) atoms. The molecular formula is C14H18ClF3N2O. The van der Waals surface area contributed by atoms with Crippen molar-refractivity contribution in [3.05, 3.63) is 35.4 Å². The summed E-state index contributed by atoms with van der Waals surface area (Å²) in [5, 5.41) is 0. The molecule has 1 unspecified atom stereocenters. The van der Waals surface area contributed by atoms with Gasteiger partial charge in [-0.05, 0) is 37.5 Å². The van der Waals surface area contributed by atoms with E-state index in [9.17, 15) is 18.0 Å².